The molecule has 1 heterocycles. The first-order valence-corrected chi connectivity index (χ1v) is 6.11. The van der Waals surface area contributed by atoms with E-state index in [-0.39, 0.29) is 18.1 Å². The Labute approximate surface area is 98.1 Å². The zero-order valence-corrected chi connectivity index (χ0v) is 10.6. The lowest BCUT2D eigenvalue weighted by Crippen LogP contribution is -2.35. The van der Waals surface area contributed by atoms with Gasteiger partial charge in [0.25, 0.3) is 0 Å². The van der Waals surface area contributed by atoms with Gasteiger partial charge in [-0.3, -0.25) is 4.79 Å². The molecule has 4 nitrogen and oxygen atoms in total. The predicted molar refractivity (Wildman–Crippen MR) is 64.4 cm³/mol. The molecule has 0 saturated carbocycles. The number of carbonyl (C=O) groups is 1. The fourth-order valence-electron chi connectivity index (χ4n) is 1.72. The van der Waals surface area contributed by atoms with E-state index in [0.717, 1.165) is 19.5 Å². The summed E-state index contributed by atoms with van der Waals surface area (Å²) in [6.45, 7) is 7.85. The van der Waals surface area contributed by atoms with Gasteiger partial charge in [-0.25, -0.2) is 0 Å². The summed E-state index contributed by atoms with van der Waals surface area (Å²) in [6, 6.07) is 0.587. The van der Waals surface area contributed by atoms with Crippen molar-refractivity contribution in [3.05, 3.63) is 0 Å². The Bertz CT molecular complexity index is 218. The lowest BCUT2D eigenvalue weighted by atomic mass is 10.1. The van der Waals surface area contributed by atoms with Gasteiger partial charge in [0.15, 0.2) is 0 Å². The molecule has 1 atom stereocenters. The number of ether oxygens (including phenoxy) is 1. The number of hydrogen-bond acceptors (Lipinski definition) is 3. The summed E-state index contributed by atoms with van der Waals surface area (Å²) < 4.78 is 5.39. The van der Waals surface area contributed by atoms with Crippen molar-refractivity contribution in [2.45, 2.75) is 51.7 Å². The van der Waals surface area contributed by atoms with Gasteiger partial charge in [-0.05, 0) is 46.6 Å². The summed E-state index contributed by atoms with van der Waals surface area (Å²) in [5.41, 5.74) is -0.246. The third-order valence-electron chi connectivity index (χ3n) is 2.61. The van der Waals surface area contributed by atoms with Crippen molar-refractivity contribution >= 4 is 5.91 Å². The van der Waals surface area contributed by atoms with Crippen molar-refractivity contribution in [1.82, 2.24) is 10.6 Å². The van der Waals surface area contributed by atoms with E-state index in [0.29, 0.717) is 6.04 Å². The second-order valence-corrected chi connectivity index (χ2v) is 5.33. The summed E-state index contributed by atoms with van der Waals surface area (Å²) in [5.74, 6) is -0.0204. The van der Waals surface area contributed by atoms with Crippen LogP contribution in [-0.4, -0.2) is 37.2 Å². The van der Waals surface area contributed by atoms with Gasteiger partial charge in [-0.15, -0.1) is 0 Å². The molecule has 0 bridgehead atoms. The number of amides is 1. The van der Waals surface area contributed by atoms with Crippen LogP contribution < -0.4 is 10.6 Å². The highest BCUT2D eigenvalue weighted by Gasteiger charge is 2.15. The Morgan fingerprint density at radius 2 is 2.25 bits per heavy atom. The number of rotatable bonds is 5. The van der Waals surface area contributed by atoms with Crippen LogP contribution in [0.5, 0.6) is 0 Å². The zero-order valence-electron chi connectivity index (χ0n) is 10.6. The Kier molecular flexibility index (Phi) is 5.22. The van der Waals surface area contributed by atoms with Gasteiger partial charge in [0.05, 0.1) is 5.60 Å². The molecule has 1 fully saturated rings. The lowest BCUT2D eigenvalue weighted by Gasteiger charge is -2.19. The van der Waals surface area contributed by atoms with Crippen LogP contribution in [0, 0.1) is 0 Å². The number of carbonyl (C=O) groups excluding carboxylic acids is 1. The van der Waals surface area contributed by atoms with Gasteiger partial charge in [-0.2, -0.15) is 0 Å². The SMILES string of the molecule is CC(C)(C)OCC(=O)NCCC1CCCN1. The molecular formula is C12H24N2O2. The molecule has 94 valence electrons. The van der Waals surface area contributed by atoms with E-state index in [1.54, 1.807) is 0 Å². The maximum absolute atomic E-state index is 11.4. The maximum atomic E-state index is 11.4. The van der Waals surface area contributed by atoms with Gasteiger partial charge in [0.2, 0.25) is 5.91 Å². The molecule has 0 aromatic carbocycles. The van der Waals surface area contributed by atoms with Crippen LogP contribution in [0.15, 0.2) is 0 Å². The minimum atomic E-state index is -0.246. The zero-order chi connectivity index (χ0) is 12.0. The number of nitrogens with one attached hydrogen (secondary N) is 2. The predicted octanol–water partition coefficient (Wildman–Crippen LogP) is 1.06. The molecule has 1 amide bonds. The highest BCUT2D eigenvalue weighted by atomic mass is 16.5. The van der Waals surface area contributed by atoms with Gasteiger partial charge >= 0.3 is 0 Å². The van der Waals surface area contributed by atoms with E-state index in [9.17, 15) is 4.79 Å². The molecule has 1 aliphatic rings. The van der Waals surface area contributed by atoms with Crippen LogP contribution in [-0.2, 0) is 9.53 Å². The summed E-state index contributed by atoms with van der Waals surface area (Å²) in [7, 11) is 0. The smallest absolute Gasteiger partial charge is 0.246 e. The molecule has 2 N–H and O–H groups in total. The van der Waals surface area contributed by atoms with Crippen LogP contribution in [0.25, 0.3) is 0 Å². The molecule has 0 radical (unpaired) electrons. The molecule has 0 spiro atoms. The highest BCUT2D eigenvalue weighted by molar-refractivity contribution is 5.77. The first kappa shape index (κ1) is 13.5. The van der Waals surface area contributed by atoms with Crippen molar-refractivity contribution in [3.63, 3.8) is 0 Å². The van der Waals surface area contributed by atoms with Crippen LogP contribution in [0.4, 0.5) is 0 Å². The van der Waals surface area contributed by atoms with E-state index < -0.39 is 0 Å². The van der Waals surface area contributed by atoms with Crippen LogP contribution in [0.1, 0.15) is 40.0 Å². The van der Waals surface area contributed by atoms with Crippen molar-refractivity contribution in [2.75, 3.05) is 19.7 Å². The van der Waals surface area contributed by atoms with Gasteiger partial charge in [0.1, 0.15) is 6.61 Å². The standard InChI is InChI=1S/C12H24N2O2/c1-12(2,3)16-9-11(15)14-8-6-10-5-4-7-13-10/h10,13H,4-9H2,1-3H3,(H,14,15). The monoisotopic (exact) mass is 228 g/mol. The van der Waals surface area contributed by atoms with E-state index in [1.165, 1.54) is 12.8 Å². The second-order valence-electron chi connectivity index (χ2n) is 5.33. The minimum absolute atomic E-state index is 0.0204. The van der Waals surface area contributed by atoms with Crippen LogP contribution >= 0.6 is 0 Å². The van der Waals surface area contributed by atoms with Gasteiger partial charge < -0.3 is 15.4 Å². The summed E-state index contributed by atoms with van der Waals surface area (Å²) in [6.07, 6.45) is 3.50. The third kappa shape index (κ3) is 6.08. The van der Waals surface area contributed by atoms with E-state index in [4.69, 9.17) is 4.74 Å². The molecule has 0 aromatic rings. The molecule has 16 heavy (non-hydrogen) atoms. The Hall–Kier alpha value is -0.610. The molecule has 1 rings (SSSR count). The topological polar surface area (TPSA) is 50.4 Å². The molecule has 1 aliphatic heterocycles. The third-order valence-corrected chi connectivity index (χ3v) is 2.61. The first-order chi connectivity index (χ1) is 7.47. The van der Waals surface area contributed by atoms with Crippen molar-refractivity contribution in [1.29, 1.82) is 0 Å². The maximum Gasteiger partial charge on any atom is 0.246 e. The van der Waals surface area contributed by atoms with Gasteiger partial charge in [0, 0.05) is 12.6 Å². The summed E-state index contributed by atoms with van der Waals surface area (Å²) in [5, 5.41) is 6.28. The quantitative estimate of drug-likeness (QED) is 0.740. The van der Waals surface area contributed by atoms with Crippen LogP contribution in [0.2, 0.25) is 0 Å². The molecule has 4 heteroatoms. The molecule has 0 aromatic heterocycles. The average Bonchev–Trinajstić information content (AvgIpc) is 2.66. The lowest BCUT2D eigenvalue weighted by molar-refractivity contribution is -0.130. The Morgan fingerprint density at radius 1 is 1.50 bits per heavy atom. The fraction of sp³-hybridized carbons (Fsp3) is 0.917. The van der Waals surface area contributed by atoms with Crippen LogP contribution in [0.3, 0.4) is 0 Å². The van der Waals surface area contributed by atoms with Gasteiger partial charge in [-0.1, -0.05) is 0 Å². The first-order valence-electron chi connectivity index (χ1n) is 6.11. The summed E-state index contributed by atoms with van der Waals surface area (Å²) >= 11 is 0. The largest absolute Gasteiger partial charge is 0.366 e. The van der Waals surface area contributed by atoms with Crippen molar-refractivity contribution < 1.29 is 9.53 Å². The normalized spacial score (nSPS) is 21.1. The average molecular weight is 228 g/mol. The number of hydrogen-bond donors (Lipinski definition) is 2. The van der Waals surface area contributed by atoms with E-state index >= 15 is 0 Å². The molecular weight excluding hydrogens is 204 g/mol. The molecule has 1 saturated heterocycles. The highest BCUT2D eigenvalue weighted by Crippen LogP contribution is 2.08. The summed E-state index contributed by atoms with van der Waals surface area (Å²) in [4.78, 5) is 11.4. The minimum Gasteiger partial charge on any atom is -0.366 e. The second kappa shape index (κ2) is 6.21. The Balaban J connectivity index is 2.01. The molecule has 1 unspecified atom stereocenters. The van der Waals surface area contributed by atoms with Crippen molar-refractivity contribution in [2.24, 2.45) is 0 Å². The molecule has 0 aliphatic carbocycles. The fourth-order valence-corrected chi connectivity index (χ4v) is 1.72. The van der Waals surface area contributed by atoms with E-state index in [1.807, 2.05) is 20.8 Å². The van der Waals surface area contributed by atoms with Crippen molar-refractivity contribution in [3.8, 4) is 0 Å². The van der Waals surface area contributed by atoms with E-state index in [2.05, 4.69) is 10.6 Å². The Morgan fingerprint density at radius 3 is 2.81 bits per heavy atom.